The van der Waals surface area contributed by atoms with Crippen molar-refractivity contribution in [2.24, 2.45) is 5.92 Å². The Kier molecular flexibility index (Phi) is 7.25. The van der Waals surface area contributed by atoms with Crippen molar-refractivity contribution in [3.8, 4) is 0 Å². The molecule has 27 heavy (non-hydrogen) atoms. The van der Waals surface area contributed by atoms with Crippen molar-refractivity contribution >= 4 is 33.5 Å². The van der Waals surface area contributed by atoms with Gasteiger partial charge < -0.3 is 10.1 Å². The molecule has 1 fully saturated rings. The van der Waals surface area contributed by atoms with Crippen LogP contribution >= 0.6 is 11.6 Å². The van der Waals surface area contributed by atoms with Gasteiger partial charge in [-0.25, -0.2) is 13.2 Å². The number of sulfonamides is 1. The molecule has 0 radical (unpaired) electrons. The van der Waals surface area contributed by atoms with E-state index in [1.165, 1.54) is 22.5 Å². The van der Waals surface area contributed by atoms with Crippen molar-refractivity contribution in [3.63, 3.8) is 0 Å². The number of nitrogens with zero attached hydrogens (tertiary/aromatic N) is 1. The third-order valence-corrected chi connectivity index (χ3v) is 6.81. The highest BCUT2D eigenvalue weighted by Gasteiger charge is 2.28. The number of carbonyl (C=O) groups is 2. The van der Waals surface area contributed by atoms with E-state index >= 15 is 0 Å². The zero-order chi connectivity index (χ0) is 20.2. The van der Waals surface area contributed by atoms with E-state index in [1.807, 2.05) is 20.8 Å². The molecule has 0 bridgehead atoms. The van der Waals surface area contributed by atoms with Gasteiger partial charge in [0.15, 0.2) is 6.61 Å². The van der Waals surface area contributed by atoms with Gasteiger partial charge in [-0.1, -0.05) is 25.4 Å². The number of hydrogen-bond donors (Lipinski definition) is 1. The van der Waals surface area contributed by atoms with Gasteiger partial charge in [0.05, 0.1) is 15.5 Å². The summed E-state index contributed by atoms with van der Waals surface area (Å²) in [7, 11) is -3.68. The Morgan fingerprint density at radius 3 is 2.44 bits per heavy atom. The molecule has 0 saturated carbocycles. The van der Waals surface area contributed by atoms with Crippen LogP contribution in [0, 0.1) is 5.92 Å². The Labute approximate surface area is 165 Å². The van der Waals surface area contributed by atoms with E-state index in [2.05, 4.69) is 5.32 Å². The Morgan fingerprint density at radius 1 is 1.22 bits per heavy atom. The van der Waals surface area contributed by atoms with E-state index in [4.69, 9.17) is 16.3 Å². The van der Waals surface area contributed by atoms with Gasteiger partial charge in [0, 0.05) is 19.1 Å². The van der Waals surface area contributed by atoms with E-state index in [-0.39, 0.29) is 27.4 Å². The van der Waals surface area contributed by atoms with Gasteiger partial charge in [0.1, 0.15) is 0 Å². The maximum atomic E-state index is 12.6. The smallest absolute Gasteiger partial charge is 0.340 e. The maximum Gasteiger partial charge on any atom is 0.340 e. The minimum absolute atomic E-state index is 0.0152. The van der Waals surface area contributed by atoms with Crippen LogP contribution in [0.25, 0.3) is 0 Å². The second-order valence-electron chi connectivity index (χ2n) is 6.93. The van der Waals surface area contributed by atoms with Gasteiger partial charge in [-0.3, -0.25) is 4.79 Å². The maximum absolute atomic E-state index is 12.6. The molecule has 1 aliphatic heterocycles. The Bertz CT molecular complexity index is 804. The average Bonchev–Trinajstić information content (AvgIpc) is 3.15. The van der Waals surface area contributed by atoms with Gasteiger partial charge in [-0.15, -0.1) is 0 Å². The highest BCUT2D eigenvalue weighted by atomic mass is 35.5. The van der Waals surface area contributed by atoms with Gasteiger partial charge in [-0.05, 0) is 43.9 Å². The van der Waals surface area contributed by atoms with Crippen molar-refractivity contribution in [1.29, 1.82) is 0 Å². The Hall–Kier alpha value is -1.64. The molecular formula is C18H25ClN2O5S. The molecule has 1 aromatic carbocycles. The standard InChI is InChI=1S/C18H25ClN2O5S/c1-12(2)13(3)20-17(22)11-26-18(23)15-10-14(6-7-16(15)19)27(24,25)21-8-4-5-9-21/h6-7,10,12-13H,4-5,8-9,11H2,1-3H3,(H,20,22). The number of esters is 1. The summed E-state index contributed by atoms with van der Waals surface area (Å²) in [5, 5.41) is 2.79. The third-order valence-electron chi connectivity index (χ3n) is 4.58. The molecule has 0 aromatic heterocycles. The summed E-state index contributed by atoms with van der Waals surface area (Å²) >= 11 is 6.03. The van der Waals surface area contributed by atoms with Gasteiger partial charge in [0.2, 0.25) is 10.0 Å². The van der Waals surface area contributed by atoms with Crippen LogP contribution in [0.2, 0.25) is 5.02 Å². The highest BCUT2D eigenvalue weighted by molar-refractivity contribution is 7.89. The number of halogens is 1. The first-order chi connectivity index (χ1) is 12.6. The molecule has 7 nitrogen and oxygen atoms in total. The lowest BCUT2D eigenvalue weighted by Crippen LogP contribution is -2.38. The number of carbonyl (C=O) groups excluding carboxylic acids is 2. The van der Waals surface area contributed by atoms with Crippen molar-refractivity contribution in [3.05, 3.63) is 28.8 Å². The summed E-state index contributed by atoms with van der Waals surface area (Å²) in [4.78, 5) is 24.1. The monoisotopic (exact) mass is 416 g/mol. The quantitative estimate of drug-likeness (QED) is 0.689. The number of hydrogen-bond acceptors (Lipinski definition) is 5. The Balaban J connectivity index is 2.09. The lowest BCUT2D eigenvalue weighted by atomic mass is 10.1. The molecular weight excluding hydrogens is 392 g/mol. The van der Waals surface area contributed by atoms with E-state index in [9.17, 15) is 18.0 Å². The highest BCUT2D eigenvalue weighted by Crippen LogP contribution is 2.25. The predicted octanol–water partition coefficient (Wildman–Crippen LogP) is 2.44. The zero-order valence-electron chi connectivity index (χ0n) is 15.7. The normalized spacial score (nSPS) is 16.3. The fourth-order valence-corrected chi connectivity index (χ4v) is 4.31. The van der Waals surface area contributed by atoms with Crippen molar-refractivity contribution in [2.75, 3.05) is 19.7 Å². The van der Waals surface area contributed by atoms with E-state index < -0.39 is 28.5 Å². The zero-order valence-corrected chi connectivity index (χ0v) is 17.3. The predicted molar refractivity (Wildman–Crippen MR) is 102 cm³/mol. The molecule has 1 unspecified atom stereocenters. The summed E-state index contributed by atoms with van der Waals surface area (Å²) in [6.45, 7) is 6.23. The number of amides is 1. The van der Waals surface area contributed by atoms with Crippen molar-refractivity contribution in [1.82, 2.24) is 9.62 Å². The molecule has 0 spiro atoms. The number of rotatable bonds is 7. The minimum atomic E-state index is -3.68. The number of ether oxygens (including phenoxy) is 1. The van der Waals surface area contributed by atoms with Gasteiger partial charge >= 0.3 is 5.97 Å². The summed E-state index contributed by atoms with van der Waals surface area (Å²) in [5.41, 5.74) is -0.0818. The molecule has 1 atom stereocenters. The molecule has 9 heteroatoms. The van der Waals surface area contributed by atoms with E-state index in [0.29, 0.717) is 13.1 Å². The fourth-order valence-electron chi connectivity index (χ4n) is 2.57. The molecule has 1 aliphatic rings. The molecule has 1 aromatic rings. The first kappa shape index (κ1) is 21.7. The van der Waals surface area contributed by atoms with Crippen LogP contribution in [0.3, 0.4) is 0 Å². The van der Waals surface area contributed by atoms with Crippen molar-refractivity contribution in [2.45, 2.75) is 44.6 Å². The molecule has 0 aliphatic carbocycles. The fraction of sp³-hybridized carbons (Fsp3) is 0.556. The van der Waals surface area contributed by atoms with Gasteiger partial charge in [0.25, 0.3) is 5.91 Å². The van der Waals surface area contributed by atoms with Crippen LogP contribution in [0.4, 0.5) is 0 Å². The van der Waals surface area contributed by atoms with Crippen LogP contribution < -0.4 is 5.32 Å². The molecule has 1 saturated heterocycles. The SMILES string of the molecule is CC(C)C(C)NC(=O)COC(=O)c1cc(S(=O)(=O)N2CCCC2)ccc1Cl. The third kappa shape index (κ3) is 5.43. The van der Waals surface area contributed by atoms with Crippen LogP contribution in [-0.4, -0.2) is 50.3 Å². The molecule has 1 amide bonds. The molecule has 1 heterocycles. The van der Waals surface area contributed by atoms with Crippen LogP contribution in [-0.2, 0) is 19.6 Å². The van der Waals surface area contributed by atoms with Gasteiger partial charge in [-0.2, -0.15) is 4.31 Å². The minimum Gasteiger partial charge on any atom is -0.452 e. The van der Waals surface area contributed by atoms with E-state index in [0.717, 1.165) is 12.8 Å². The summed E-state index contributed by atoms with van der Waals surface area (Å²) in [6, 6.07) is 3.85. The molecule has 1 N–H and O–H groups in total. The topological polar surface area (TPSA) is 92.8 Å². The molecule has 2 rings (SSSR count). The second-order valence-corrected chi connectivity index (χ2v) is 9.27. The summed E-state index contributed by atoms with van der Waals surface area (Å²) in [6.07, 6.45) is 1.62. The number of benzene rings is 1. The van der Waals surface area contributed by atoms with Crippen molar-refractivity contribution < 1.29 is 22.7 Å². The number of nitrogens with one attached hydrogen (secondary N) is 1. The van der Waals surface area contributed by atoms with Crippen LogP contribution in [0.15, 0.2) is 23.1 Å². The lowest BCUT2D eigenvalue weighted by molar-refractivity contribution is -0.125. The summed E-state index contributed by atoms with van der Waals surface area (Å²) in [5.74, 6) is -1.03. The van der Waals surface area contributed by atoms with Crippen LogP contribution in [0.5, 0.6) is 0 Å². The van der Waals surface area contributed by atoms with E-state index in [1.54, 1.807) is 0 Å². The average molecular weight is 417 g/mol. The van der Waals surface area contributed by atoms with Crippen LogP contribution in [0.1, 0.15) is 44.0 Å². The first-order valence-corrected chi connectivity index (χ1v) is 10.7. The Morgan fingerprint density at radius 2 is 1.85 bits per heavy atom. The largest absolute Gasteiger partial charge is 0.452 e. The summed E-state index contributed by atoms with van der Waals surface area (Å²) < 4.78 is 31.7. The first-order valence-electron chi connectivity index (χ1n) is 8.89. The lowest BCUT2D eigenvalue weighted by Gasteiger charge is -2.17. The molecule has 150 valence electrons. The second kappa shape index (κ2) is 9.03.